The number of amides is 2. The van der Waals surface area contributed by atoms with Crippen molar-refractivity contribution in [2.75, 3.05) is 25.1 Å². The van der Waals surface area contributed by atoms with E-state index in [4.69, 9.17) is 32.7 Å². The molecule has 2 atom stereocenters. The number of benzene rings is 4. The molecule has 4 aromatic rings. The van der Waals surface area contributed by atoms with Gasteiger partial charge in [0.05, 0.1) is 34.8 Å². The Morgan fingerprint density at radius 1 is 0.820 bits per heavy atom. The average Bonchev–Trinajstić information content (AvgIpc) is 3.09. The number of aryl methyl sites for hydroxylation is 2. The molecule has 4 aromatic carbocycles. The molecule has 0 fully saturated rings. The minimum atomic E-state index is -4.38. The first-order chi connectivity index (χ1) is 23.8. The van der Waals surface area contributed by atoms with Gasteiger partial charge in [-0.25, -0.2) is 8.42 Å². The molecule has 266 valence electrons. The van der Waals surface area contributed by atoms with Crippen LogP contribution in [-0.4, -0.2) is 58.0 Å². The monoisotopic (exact) mass is 739 g/mol. The smallest absolute Gasteiger partial charge is 0.264 e. The van der Waals surface area contributed by atoms with Crippen molar-refractivity contribution in [2.24, 2.45) is 0 Å². The van der Waals surface area contributed by atoms with Crippen molar-refractivity contribution in [3.8, 4) is 11.5 Å². The summed E-state index contributed by atoms with van der Waals surface area (Å²) in [5.74, 6) is -0.396. The van der Waals surface area contributed by atoms with Crippen molar-refractivity contribution in [1.29, 1.82) is 0 Å². The SMILES string of the molecule is CC[C@H](C)NC(=O)[C@H](Cc1ccccc1)N(Cc1ccc(Cl)c(Cl)c1)C(=O)CN(c1cc(C)cc(C)c1)S(=O)(=O)c1ccc(OC)c(OC)c1. The standard InChI is InChI=1S/C38H43Cl2N3O6S/c1-7-27(4)41-38(45)34(21-28-11-9-8-10-12-28)42(23-29-13-15-32(39)33(40)20-29)37(44)24-43(30-18-25(2)17-26(3)19-30)50(46,47)31-14-16-35(48-5)36(22-31)49-6/h8-20,22,27,34H,7,21,23-24H2,1-6H3,(H,41,45)/t27-,34-/m0/s1. The summed E-state index contributed by atoms with van der Waals surface area (Å²) in [4.78, 5) is 30.2. The first-order valence-electron chi connectivity index (χ1n) is 16.2. The maximum absolute atomic E-state index is 14.8. The van der Waals surface area contributed by atoms with Crippen LogP contribution in [0.1, 0.15) is 42.5 Å². The number of hydrogen-bond acceptors (Lipinski definition) is 6. The predicted octanol–water partition coefficient (Wildman–Crippen LogP) is 7.38. The van der Waals surface area contributed by atoms with Crippen molar-refractivity contribution in [3.05, 3.63) is 117 Å². The Labute approximate surface area is 305 Å². The number of ether oxygens (including phenoxy) is 2. The van der Waals surface area contributed by atoms with E-state index in [2.05, 4.69) is 5.32 Å². The lowest BCUT2D eigenvalue weighted by Gasteiger charge is -2.34. The Kier molecular flexibility index (Phi) is 13.2. The highest BCUT2D eigenvalue weighted by Crippen LogP contribution is 2.33. The molecule has 0 aliphatic heterocycles. The second-order valence-electron chi connectivity index (χ2n) is 12.2. The molecular weight excluding hydrogens is 697 g/mol. The highest BCUT2D eigenvalue weighted by molar-refractivity contribution is 7.92. The van der Waals surface area contributed by atoms with Gasteiger partial charge in [-0.3, -0.25) is 13.9 Å². The first-order valence-corrected chi connectivity index (χ1v) is 18.4. The van der Waals surface area contributed by atoms with Gasteiger partial charge >= 0.3 is 0 Å². The van der Waals surface area contributed by atoms with Crippen LogP contribution in [-0.2, 0) is 32.6 Å². The van der Waals surface area contributed by atoms with Crippen LogP contribution < -0.4 is 19.1 Å². The molecule has 9 nitrogen and oxygen atoms in total. The molecule has 1 N–H and O–H groups in total. The number of halogens is 2. The number of carbonyl (C=O) groups is 2. The molecule has 0 aromatic heterocycles. The van der Waals surface area contributed by atoms with Crippen molar-refractivity contribution in [3.63, 3.8) is 0 Å². The van der Waals surface area contributed by atoms with Crippen molar-refractivity contribution >= 4 is 50.7 Å². The van der Waals surface area contributed by atoms with E-state index in [9.17, 15) is 18.0 Å². The topological polar surface area (TPSA) is 105 Å². The Morgan fingerprint density at radius 2 is 1.48 bits per heavy atom. The average molecular weight is 741 g/mol. The van der Waals surface area contributed by atoms with Crippen LogP contribution in [0, 0.1) is 13.8 Å². The summed E-state index contributed by atoms with van der Waals surface area (Å²) >= 11 is 12.6. The summed E-state index contributed by atoms with van der Waals surface area (Å²) in [6.07, 6.45) is 0.858. The summed E-state index contributed by atoms with van der Waals surface area (Å²) in [7, 11) is -1.50. The molecule has 0 saturated heterocycles. The summed E-state index contributed by atoms with van der Waals surface area (Å²) in [6.45, 7) is 6.90. The van der Waals surface area contributed by atoms with Gasteiger partial charge in [0, 0.05) is 25.1 Å². The van der Waals surface area contributed by atoms with E-state index >= 15 is 0 Å². The number of nitrogens with one attached hydrogen (secondary N) is 1. The second kappa shape index (κ2) is 17.1. The number of sulfonamides is 1. The van der Waals surface area contributed by atoms with Gasteiger partial charge in [0.15, 0.2) is 11.5 Å². The fourth-order valence-corrected chi connectivity index (χ4v) is 7.29. The maximum atomic E-state index is 14.8. The Bertz CT molecular complexity index is 1900. The molecule has 0 radical (unpaired) electrons. The van der Waals surface area contributed by atoms with E-state index in [1.807, 2.05) is 64.1 Å². The summed E-state index contributed by atoms with van der Waals surface area (Å²) in [6, 6.07) is 22.8. The third-order valence-corrected chi connectivity index (χ3v) is 10.8. The van der Waals surface area contributed by atoms with Gasteiger partial charge in [-0.15, -0.1) is 0 Å². The number of nitrogens with zero attached hydrogens (tertiary/aromatic N) is 2. The van der Waals surface area contributed by atoms with Crippen LogP contribution in [0.4, 0.5) is 5.69 Å². The van der Waals surface area contributed by atoms with E-state index in [1.165, 1.54) is 37.3 Å². The third kappa shape index (κ3) is 9.50. The maximum Gasteiger partial charge on any atom is 0.264 e. The third-order valence-electron chi connectivity index (χ3n) is 8.33. The zero-order valence-electron chi connectivity index (χ0n) is 29.1. The van der Waals surface area contributed by atoms with Crippen LogP contribution in [0.3, 0.4) is 0 Å². The zero-order chi connectivity index (χ0) is 36.6. The molecular formula is C38H43Cl2N3O6S. The minimum absolute atomic E-state index is 0.0434. The normalized spacial score (nSPS) is 12.5. The number of rotatable bonds is 15. The molecule has 4 rings (SSSR count). The molecule has 0 heterocycles. The second-order valence-corrected chi connectivity index (χ2v) is 14.8. The van der Waals surface area contributed by atoms with Crippen LogP contribution in [0.25, 0.3) is 0 Å². The van der Waals surface area contributed by atoms with Crippen molar-refractivity contribution in [1.82, 2.24) is 10.2 Å². The van der Waals surface area contributed by atoms with E-state index in [1.54, 1.807) is 30.3 Å². The number of carbonyl (C=O) groups excluding carboxylic acids is 2. The Morgan fingerprint density at radius 3 is 2.08 bits per heavy atom. The van der Waals surface area contributed by atoms with Gasteiger partial charge < -0.3 is 19.7 Å². The first kappa shape index (κ1) is 38.6. The van der Waals surface area contributed by atoms with Crippen LogP contribution in [0.2, 0.25) is 10.0 Å². The van der Waals surface area contributed by atoms with Gasteiger partial charge in [0.1, 0.15) is 12.6 Å². The molecule has 0 bridgehead atoms. The summed E-state index contributed by atoms with van der Waals surface area (Å²) < 4.78 is 40.9. The van der Waals surface area contributed by atoms with Crippen molar-refractivity contribution < 1.29 is 27.5 Å². The van der Waals surface area contributed by atoms with Gasteiger partial charge in [-0.05, 0) is 85.8 Å². The Balaban J connectivity index is 1.87. The minimum Gasteiger partial charge on any atom is -0.493 e. The predicted molar refractivity (Wildman–Crippen MR) is 199 cm³/mol. The number of methoxy groups -OCH3 is 2. The van der Waals surface area contributed by atoms with E-state index in [-0.39, 0.29) is 40.6 Å². The summed E-state index contributed by atoms with van der Waals surface area (Å²) in [5.41, 5.74) is 3.35. The fourth-order valence-electron chi connectivity index (χ4n) is 5.56. The van der Waals surface area contributed by atoms with E-state index in [0.717, 1.165) is 21.0 Å². The largest absolute Gasteiger partial charge is 0.493 e. The number of hydrogen-bond donors (Lipinski definition) is 1. The van der Waals surface area contributed by atoms with Gasteiger partial charge in [0.2, 0.25) is 11.8 Å². The molecule has 12 heteroatoms. The van der Waals surface area contributed by atoms with Crippen LogP contribution in [0.5, 0.6) is 11.5 Å². The molecule has 0 aliphatic rings. The van der Waals surface area contributed by atoms with Crippen LogP contribution >= 0.6 is 23.2 Å². The zero-order valence-corrected chi connectivity index (χ0v) is 31.4. The van der Waals surface area contributed by atoms with Crippen molar-refractivity contribution in [2.45, 2.75) is 64.1 Å². The Hall–Kier alpha value is -4.25. The fraction of sp³-hybridized carbons (Fsp3) is 0.316. The highest BCUT2D eigenvalue weighted by Gasteiger charge is 2.35. The quantitative estimate of drug-likeness (QED) is 0.137. The van der Waals surface area contributed by atoms with Crippen LogP contribution in [0.15, 0.2) is 89.8 Å². The molecule has 0 aliphatic carbocycles. The molecule has 2 amide bonds. The van der Waals surface area contributed by atoms with E-state index < -0.39 is 28.5 Å². The number of anilines is 1. The lowest BCUT2D eigenvalue weighted by atomic mass is 10.0. The lowest BCUT2D eigenvalue weighted by Crippen LogP contribution is -2.54. The van der Waals surface area contributed by atoms with Gasteiger partial charge in [0.25, 0.3) is 10.0 Å². The van der Waals surface area contributed by atoms with E-state index in [0.29, 0.717) is 28.4 Å². The lowest BCUT2D eigenvalue weighted by molar-refractivity contribution is -0.140. The molecule has 0 unspecified atom stereocenters. The summed E-state index contributed by atoms with van der Waals surface area (Å²) in [5, 5.41) is 3.66. The van der Waals surface area contributed by atoms with Gasteiger partial charge in [-0.2, -0.15) is 0 Å². The molecule has 0 spiro atoms. The van der Waals surface area contributed by atoms with Gasteiger partial charge in [-0.1, -0.05) is 72.6 Å². The highest BCUT2D eigenvalue weighted by atomic mass is 35.5. The molecule has 0 saturated carbocycles. The molecule has 50 heavy (non-hydrogen) atoms.